The van der Waals surface area contributed by atoms with Crippen molar-refractivity contribution in [2.24, 2.45) is 0 Å². The van der Waals surface area contributed by atoms with E-state index in [2.05, 4.69) is 16.5 Å². The van der Waals surface area contributed by atoms with E-state index in [4.69, 9.17) is 0 Å². The highest BCUT2D eigenvalue weighted by molar-refractivity contribution is 5.95. The van der Waals surface area contributed by atoms with Crippen LogP contribution in [-0.2, 0) is 6.54 Å². The Labute approximate surface area is 151 Å². The van der Waals surface area contributed by atoms with Crippen molar-refractivity contribution in [2.45, 2.75) is 13.5 Å². The van der Waals surface area contributed by atoms with E-state index in [0.29, 0.717) is 5.56 Å². The maximum Gasteiger partial charge on any atom is 0.213 e. The van der Waals surface area contributed by atoms with Gasteiger partial charge in [0, 0.05) is 34.8 Å². The van der Waals surface area contributed by atoms with Crippen molar-refractivity contribution in [3.8, 4) is 0 Å². The van der Waals surface area contributed by atoms with Crippen LogP contribution in [0.25, 0.3) is 21.8 Å². The first-order chi connectivity index (χ1) is 12.8. The van der Waals surface area contributed by atoms with Gasteiger partial charge in [-0.2, -0.15) is 4.57 Å². The van der Waals surface area contributed by atoms with Crippen molar-refractivity contribution >= 4 is 34.4 Å². The molecule has 0 spiro atoms. The number of hydrogen-bond acceptors (Lipinski definition) is 3. The molecule has 0 N–H and O–H groups in total. The Hall–Kier alpha value is -3.40. The first-order valence-electron chi connectivity index (χ1n) is 8.43. The highest BCUT2D eigenvalue weighted by atomic mass is 16.1. The Balaban J connectivity index is 0.000000152. The van der Waals surface area contributed by atoms with Gasteiger partial charge in [-0.25, -0.2) is 0 Å². The number of pyridine rings is 2. The first kappa shape index (κ1) is 17.4. The van der Waals surface area contributed by atoms with Crippen molar-refractivity contribution in [1.82, 2.24) is 4.98 Å². The Bertz CT molecular complexity index is 1070. The van der Waals surface area contributed by atoms with Crippen LogP contribution in [0.3, 0.4) is 0 Å². The van der Waals surface area contributed by atoms with Gasteiger partial charge in [0.1, 0.15) is 12.8 Å². The molecule has 4 aromatic rings. The van der Waals surface area contributed by atoms with Gasteiger partial charge < -0.3 is 0 Å². The van der Waals surface area contributed by atoms with Gasteiger partial charge in [0.2, 0.25) is 5.52 Å². The lowest BCUT2D eigenvalue weighted by Crippen LogP contribution is -2.32. The summed E-state index contributed by atoms with van der Waals surface area (Å²) in [5.74, 6) is 0. The molecule has 0 aliphatic carbocycles. The third-order valence-electron chi connectivity index (χ3n) is 4.19. The van der Waals surface area contributed by atoms with Crippen LogP contribution < -0.4 is 4.57 Å². The fourth-order valence-electron chi connectivity index (χ4n) is 2.87. The lowest BCUT2D eigenvalue weighted by atomic mass is 10.1. The Morgan fingerprint density at radius 1 is 0.962 bits per heavy atom. The van der Waals surface area contributed by atoms with Crippen LogP contribution in [0.4, 0.5) is 0 Å². The second-order valence-corrected chi connectivity index (χ2v) is 5.77. The summed E-state index contributed by atoms with van der Waals surface area (Å²) in [5, 5.41) is 2.02. The Morgan fingerprint density at radius 3 is 2.62 bits per heavy atom. The van der Waals surface area contributed by atoms with Gasteiger partial charge in [-0.05, 0) is 37.3 Å². The van der Waals surface area contributed by atoms with Gasteiger partial charge in [0.05, 0.1) is 10.9 Å². The van der Waals surface area contributed by atoms with Crippen LogP contribution in [0.15, 0.2) is 73.1 Å². The normalized spacial score (nSPS) is 10.2. The molecule has 2 aromatic carbocycles. The monoisotopic (exact) mass is 343 g/mol. The molecule has 0 saturated heterocycles. The standard InChI is InChI=1S/C12H12NO.C10H7NO/c1-2-13-8-4-6-11-10(9-14)5-3-7-12(11)13;12-7-8-3-4-10-9(6-8)2-1-5-11-10/h3-9H,2H2,1H3;1-7H/q+1;. The molecule has 2 heterocycles. The van der Waals surface area contributed by atoms with Crippen molar-refractivity contribution in [3.63, 3.8) is 0 Å². The molecular formula is C22H19N2O2+. The Morgan fingerprint density at radius 2 is 1.85 bits per heavy atom. The minimum absolute atomic E-state index is 0.690. The van der Waals surface area contributed by atoms with Crippen molar-refractivity contribution < 1.29 is 14.2 Å². The van der Waals surface area contributed by atoms with Crippen LogP contribution in [0.2, 0.25) is 0 Å². The summed E-state index contributed by atoms with van der Waals surface area (Å²) in [6, 6.07) is 19.0. The number of aryl methyl sites for hydroxylation is 1. The van der Waals surface area contributed by atoms with E-state index in [1.54, 1.807) is 12.3 Å². The van der Waals surface area contributed by atoms with Crippen LogP contribution >= 0.6 is 0 Å². The zero-order chi connectivity index (χ0) is 18.4. The summed E-state index contributed by atoms with van der Waals surface area (Å²) in [4.78, 5) is 25.4. The molecule has 0 unspecified atom stereocenters. The SMILES string of the molecule is CC[n+]1cccc2c(C=O)cccc21.O=Cc1ccc2ncccc2c1. The van der Waals surface area contributed by atoms with Crippen LogP contribution in [0.5, 0.6) is 0 Å². The third-order valence-corrected chi connectivity index (χ3v) is 4.19. The van der Waals surface area contributed by atoms with Crippen LogP contribution in [0, 0.1) is 0 Å². The van der Waals surface area contributed by atoms with Gasteiger partial charge >= 0.3 is 0 Å². The number of hydrogen-bond donors (Lipinski definition) is 0. The zero-order valence-corrected chi connectivity index (χ0v) is 14.5. The molecule has 0 amide bonds. The molecule has 0 bridgehead atoms. The molecule has 0 fully saturated rings. The zero-order valence-electron chi connectivity index (χ0n) is 14.5. The second-order valence-electron chi connectivity index (χ2n) is 5.77. The van der Waals surface area contributed by atoms with E-state index in [0.717, 1.165) is 46.5 Å². The summed E-state index contributed by atoms with van der Waals surface area (Å²) in [6.07, 6.45) is 5.51. The predicted molar refractivity (Wildman–Crippen MR) is 102 cm³/mol. The van der Waals surface area contributed by atoms with Gasteiger partial charge in [-0.3, -0.25) is 14.6 Å². The molecule has 4 nitrogen and oxygen atoms in total. The summed E-state index contributed by atoms with van der Waals surface area (Å²) in [7, 11) is 0. The first-order valence-corrected chi connectivity index (χ1v) is 8.43. The maximum absolute atomic E-state index is 10.8. The fourth-order valence-corrected chi connectivity index (χ4v) is 2.87. The molecule has 0 saturated carbocycles. The number of benzene rings is 2. The molecule has 26 heavy (non-hydrogen) atoms. The van der Waals surface area contributed by atoms with Crippen molar-refractivity contribution in [3.05, 3.63) is 84.2 Å². The number of rotatable bonds is 3. The van der Waals surface area contributed by atoms with E-state index in [9.17, 15) is 9.59 Å². The topological polar surface area (TPSA) is 50.9 Å². The van der Waals surface area contributed by atoms with E-state index in [-0.39, 0.29) is 0 Å². The summed E-state index contributed by atoms with van der Waals surface area (Å²) >= 11 is 0. The minimum atomic E-state index is 0.690. The van der Waals surface area contributed by atoms with Crippen molar-refractivity contribution in [1.29, 1.82) is 0 Å². The molecule has 128 valence electrons. The molecule has 0 radical (unpaired) electrons. The lowest BCUT2D eigenvalue weighted by molar-refractivity contribution is -0.667. The highest BCUT2D eigenvalue weighted by Gasteiger charge is 2.08. The van der Waals surface area contributed by atoms with E-state index in [1.165, 1.54) is 0 Å². The molecule has 2 aromatic heterocycles. The predicted octanol–water partition coefficient (Wildman–Crippen LogP) is 4.01. The lowest BCUT2D eigenvalue weighted by Gasteiger charge is -1.99. The summed E-state index contributed by atoms with van der Waals surface area (Å²) < 4.78 is 2.13. The summed E-state index contributed by atoms with van der Waals surface area (Å²) in [5.41, 5.74) is 3.48. The number of aromatic nitrogens is 2. The molecule has 4 rings (SSSR count). The number of fused-ring (bicyclic) bond motifs is 2. The van der Waals surface area contributed by atoms with Gasteiger partial charge in [-0.15, -0.1) is 0 Å². The van der Waals surface area contributed by atoms with Crippen LogP contribution in [0.1, 0.15) is 27.6 Å². The molecule has 4 heteroatoms. The molecule has 0 atom stereocenters. The van der Waals surface area contributed by atoms with Crippen molar-refractivity contribution in [2.75, 3.05) is 0 Å². The van der Waals surface area contributed by atoms with E-state index >= 15 is 0 Å². The maximum atomic E-state index is 10.8. The number of carbonyl (C=O) groups excluding carboxylic acids is 2. The third kappa shape index (κ3) is 3.64. The quantitative estimate of drug-likeness (QED) is 0.417. The number of aldehydes is 2. The largest absolute Gasteiger partial charge is 0.298 e. The molecule has 0 aliphatic rings. The smallest absolute Gasteiger partial charge is 0.213 e. The van der Waals surface area contributed by atoms with Gasteiger partial charge in [0.15, 0.2) is 12.5 Å². The molecule has 0 aliphatic heterocycles. The number of carbonyl (C=O) groups is 2. The summed E-state index contributed by atoms with van der Waals surface area (Å²) in [6.45, 7) is 3.01. The molecular weight excluding hydrogens is 324 g/mol. The van der Waals surface area contributed by atoms with E-state index < -0.39 is 0 Å². The van der Waals surface area contributed by atoms with Gasteiger partial charge in [-0.1, -0.05) is 18.2 Å². The fraction of sp³-hybridized carbons (Fsp3) is 0.0909. The van der Waals surface area contributed by atoms with Gasteiger partial charge in [0.25, 0.3) is 0 Å². The average Bonchev–Trinajstić information content (AvgIpc) is 2.72. The van der Waals surface area contributed by atoms with E-state index in [1.807, 2.05) is 60.8 Å². The highest BCUT2D eigenvalue weighted by Crippen LogP contribution is 2.13. The minimum Gasteiger partial charge on any atom is -0.298 e. The average molecular weight is 343 g/mol. The number of nitrogens with zero attached hydrogens (tertiary/aromatic N) is 2. The Kier molecular flexibility index (Phi) is 5.44. The van der Waals surface area contributed by atoms with Crippen LogP contribution in [-0.4, -0.2) is 17.6 Å². The second kappa shape index (κ2) is 8.12.